The van der Waals surface area contributed by atoms with Crippen molar-refractivity contribution in [2.24, 2.45) is 0 Å². The van der Waals surface area contributed by atoms with E-state index in [1.54, 1.807) is 0 Å². The summed E-state index contributed by atoms with van der Waals surface area (Å²) in [6.45, 7) is 2.24. The van der Waals surface area contributed by atoms with Gasteiger partial charge < -0.3 is 0 Å². The molecule has 124 valence electrons. The van der Waals surface area contributed by atoms with Crippen LogP contribution in [-0.4, -0.2) is 5.24 Å². The van der Waals surface area contributed by atoms with E-state index in [4.69, 9.17) is 11.6 Å². The summed E-state index contributed by atoms with van der Waals surface area (Å²) in [5, 5.41) is -0.240. The van der Waals surface area contributed by atoms with Gasteiger partial charge in [-0.25, -0.2) is 0 Å². The maximum atomic E-state index is 10.5. The second kappa shape index (κ2) is 18.0. The van der Waals surface area contributed by atoms with Crippen molar-refractivity contribution in [2.45, 2.75) is 71.1 Å². The predicted octanol–water partition coefficient (Wildman–Crippen LogP) is 6.90. The van der Waals surface area contributed by atoms with Crippen molar-refractivity contribution < 1.29 is 4.79 Å². The quantitative estimate of drug-likeness (QED) is 0.193. The van der Waals surface area contributed by atoms with Crippen molar-refractivity contribution in [3.05, 3.63) is 48.6 Å². The van der Waals surface area contributed by atoms with Gasteiger partial charge in [0.05, 0.1) is 0 Å². The Bertz CT molecular complexity index is 364. The first-order chi connectivity index (χ1) is 10.8. The predicted molar refractivity (Wildman–Crippen MR) is 99.3 cm³/mol. The molecule has 1 nitrogen and oxygen atoms in total. The van der Waals surface area contributed by atoms with E-state index >= 15 is 0 Å². The van der Waals surface area contributed by atoms with Crippen LogP contribution in [0.5, 0.6) is 0 Å². The van der Waals surface area contributed by atoms with Crippen molar-refractivity contribution in [3.8, 4) is 0 Å². The summed E-state index contributed by atoms with van der Waals surface area (Å²) in [4.78, 5) is 10.5. The topological polar surface area (TPSA) is 17.1 Å². The van der Waals surface area contributed by atoms with Crippen molar-refractivity contribution in [1.29, 1.82) is 0 Å². The third-order valence-electron chi connectivity index (χ3n) is 3.20. The molecular weight excluding hydrogens is 292 g/mol. The molecule has 0 rings (SSSR count). The van der Waals surface area contributed by atoms with Gasteiger partial charge in [-0.2, -0.15) is 0 Å². The van der Waals surface area contributed by atoms with Gasteiger partial charge in [-0.3, -0.25) is 4.79 Å². The maximum absolute atomic E-state index is 10.5. The van der Waals surface area contributed by atoms with Gasteiger partial charge in [-0.1, -0.05) is 68.4 Å². The third-order valence-corrected chi connectivity index (χ3v) is 3.39. The Morgan fingerprint density at radius 3 is 1.64 bits per heavy atom. The van der Waals surface area contributed by atoms with Gasteiger partial charge in [0.2, 0.25) is 5.24 Å². The molecule has 2 heteroatoms. The van der Waals surface area contributed by atoms with Gasteiger partial charge in [0.1, 0.15) is 0 Å². The molecule has 22 heavy (non-hydrogen) atoms. The number of hydrogen-bond acceptors (Lipinski definition) is 1. The minimum Gasteiger partial charge on any atom is -0.281 e. The zero-order valence-electron chi connectivity index (χ0n) is 14.0. The summed E-state index contributed by atoms with van der Waals surface area (Å²) in [5.74, 6) is 0. The maximum Gasteiger partial charge on any atom is 0.221 e. The summed E-state index contributed by atoms with van der Waals surface area (Å²) in [7, 11) is 0. The van der Waals surface area contributed by atoms with E-state index in [0.717, 1.165) is 32.1 Å². The van der Waals surface area contributed by atoms with Crippen LogP contribution in [-0.2, 0) is 4.79 Å². The van der Waals surface area contributed by atoms with E-state index in [9.17, 15) is 4.79 Å². The molecule has 0 aliphatic rings. The zero-order valence-corrected chi connectivity index (χ0v) is 14.7. The van der Waals surface area contributed by atoms with Gasteiger partial charge in [-0.05, 0) is 56.5 Å². The molecule has 0 unspecified atom stereocenters. The Morgan fingerprint density at radius 1 is 0.727 bits per heavy atom. The van der Waals surface area contributed by atoms with Crippen molar-refractivity contribution in [2.75, 3.05) is 0 Å². The number of carbonyl (C=O) groups excluding carboxylic acids is 1. The first-order valence-electron chi connectivity index (χ1n) is 8.55. The van der Waals surface area contributed by atoms with Gasteiger partial charge in [0.15, 0.2) is 0 Å². The van der Waals surface area contributed by atoms with Crippen LogP contribution in [0.4, 0.5) is 0 Å². The molecule has 0 aromatic carbocycles. The molecule has 0 aliphatic heterocycles. The number of carbonyl (C=O) groups is 1. The molecule has 0 N–H and O–H groups in total. The van der Waals surface area contributed by atoms with Crippen LogP contribution in [0.2, 0.25) is 0 Å². The lowest BCUT2D eigenvalue weighted by molar-refractivity contribution is -0.111. The van der Waals surface area contributed by atoms with Gasteiger partial charge in [0.25, 0.3) is 0 Å². The Labute approximate surface area is 141 Å². The summed E-state index contributed by atoms with van der Waals surface area (Å²) in [5.41, 5.74) is 0. The molecular formula is C20H31ClO. The summed E-state index contributed by atoms with van der Waals surface area (Å²) in [6.07, 6.45) is 28.0. The summed E-state index contributed by atoms with van der Waals surface area (Å²) >= 11 is 5.26. The van der Waals surface area contributed by atoms with Crippen LogP contribution in [0.3, 0.4) is 0 Å². The van der Waals surface area contributed by atoms with Crippen LogP contribution < -0.4 is 0 Å². The highest BCUT2D eigenvalue weighted by Gasteiger charge is 1.92. The molecule has 0 saturated carbocycles. The van der Waals surface area contributed by atoms with E-state index in [1.165, 1.54) is 25.7 Å². The molecule has 0 aromatic heterocycles. The molecule has 0 bridgehead atoms. The molecule has 0 radical (unpaired) electrons. The lowest BCUT2D eigenvalue weighted by Crippen LogP contribution is -1.83. The van der Waals surface area contributed by atoms with E-state index in [-0.39, 0.29) is 5.24 Å². The van der Waals surface area contributed by atoms with Crippen LogP contribution in [0.1, 0.15) is 71.1 Å². The molecule has 0 aliphatic carbocycles. The second-order valence-corrected chi connectivity index (χ2v) is 5.76. The Morgan fingerprint density at radius 2 is 1.18 bits per heavy atom. The molecule has 0 aromatic rings. The average molecular weight is 323 g/mol. The largest absolute Gasteiger partial charge is 0.281 e. The minimum atomic E-state index is -0.240. The van der Waals surface area contributed by atoms with E-state index < -0.39 is 0 Å². The van der Waals surface area contributed by atoms with Gasteiger partial charge >= 0.3 is 0 Å². The lowest BCUT2D eigenvalue weighted by Gasteiger charge is -1.90. The Balaban J connectivity index is 3.40. The standard InChI is InChI=1S/C20H31ClO/c1-2-3-4-5-6-7-8-9-10-11-12-13-14-15-16-17-18-19-20(21)22/h6-7,9-10,12-13,15-16H,2-5,8,11,14,17-19H2,1H3/b7-6+,10-9+,13-12+,16-15-. The monoisotopic (exact) mass is 322 g/mol. The van der Waals surface area contributed by atoms with Crippen LogP contribution in [0, 0.1) is 0 Å². The van der Waals surface area contributed by atoms with E-state index in [1.807, 2.05) is 0 Å². The highest BCUT2D eigenvalue weighted by molar-refractivity contribution is 6.63. The molecule has 0 fully saturated rings. The Hall–Kier alpha value is -1.08. The lowest BCUT2D eigenvalue weighted by atomic mass is 10.2. The fraction of sp³-hybridized carbons (Fsp3) is 0.550. The second-order valence-electron chi connectivity index (χ2n) is 5.34. The van der Waals surface area contributed by atoms with Crippen molar-refractivity contribution >= 4 is 16.8 Å². The van der Waals surface area contributed by atoms with Crippen LogP contribution in [0.25, 0.3) is 0 Å². The van der Waals surface area contributed by atoms with Crippen molar-refractivity contribution in [1.82, 2.24) is 0 Å². The fourth-order valence-electron chi connectivity index (χ4n) is 1.92. The third kappa shape index (κ3) is 18.9. The normalized spacial score (nSPS) is 12.5. The zero-order chi connectivity index (χ0) is 16.3. The first kappa shape index (κ1) is 20.9. The molecule has 0 amide bonds. The number of hydrogen-bond donors (Lipinski definition) is 0. The average Bonchev–Trinajstić information content (AvgIpc) is 2.50. The number of halogens is 1. The number of allylic oxidation sites excluding steroid dienone is 8. The van der Waals surface area contributed by atoms with Crippen LogP contribution in [0.15, 0.2) is 48.6 Å². The first-order valence-corrected chi connectivity index (χ1v) is 8.93. The van der Waals surface area contributed by atoms with E-state index in [2.05, 4.69) is 55.5 Å². The van der Waals surface area contributed by atoms with Gasteiger partial charge in [-0.15, -0.1) is 0 Å². The number of unbranched alkanes of at least 4 members (excludes halogenated alkanes) is 4. The highest BCUT2D eigenvalue weighted by Crippen LogP contribution is 2.02. The van der Waals surface area contributed by atoms with Crippen LogP contribution >= 0.6 is 11.6 Å². The summed E-state index contributed by atoms with van der Waals surface area (Å²) in [6, 6.07) is 0. The summed E-state index contributed by atoms with van der Waals surface area (Å²) < 4.78 is 0. The van der Waals surface area contributed by atoms with Gasteiger partial charge in [0, 0.05) is 6.42 Å². The molecule has 0 atom stereocenters. The van der Waals surface area contributed by atoms with E-state index in [0.29, 0.717) is 6.42 Å². The highest BCUT2D eigenvalue weighted by atomic mass is 35.5. The van der Waals surface area contributed by atoms with Crippen molar-refractivity contribution in [3.63, 3.8) is 0 Å². The fourth-order valence-corrected chi connectivity index (χ4v) is 2.05. The molecule has 0 heterocycles. The number of rotatable bonds is 14. The molecule has 0 saturated heterocycles. The molecule has 0 spiro atoms. The SMILES string of the molecule is CCCCC/C=C/C/C=C/C/C=C/C/C=C\CCCC(=O)Cl. The Kier molecular flexibility index (Phi) is 17.1. The smallest absolute Gasteiger partial charge is 0.221 e. The minimum absolute atomic E-state index is 0.240.